The second kappa shape index (κ2) is 16.0. The summed E-state index contributed by atoms with van der Waals surface area (Å²) in [5, 5.41) is 7.27. The average Bonchev–Trinajstić information content (AvgIpc) is 3.74. The van der Waals surface area contributed by atoms with E-state index in [0.717, 1.165) is 22.9 Å². The van der Waals surface area contributed by atoms with E-state index in [9.17, 15) is 19.2 Å². The van der Waals surface area contributed by atoms with Gasteiger partial charge in [0, 0.05) is 60.9 Å². The number of aromatic amines is 1. The molecular weight excluding hydrogens is 666 g/mol. The molecule has 3 N–H and O–H groups in total. The van der Waals surface area contributed by atoms with Crippen LogP contribution < -0.4 is 15.4 Å². The summed E-state index contributed by atoms with van der Waals surface area (Å²) in [6.07, 6.45) is 3.96. The Kier molecular flexibility index (Phi) is 11.3. The summed E-state index contributed by atoms with van der Waals surface area (Å²) in [5.41, 5.74) is 3.40. The van der Waals surface area contributed by atoms with Gasteiger partial charge in [-0.15, -0.1) is 0 Å². The van der Waals surface area contributed by atoms with Gasteiger partial charge < -0.3 is 30.2 Å². The van der Waals surface area contributed by atoms with Gasteiger partial charge in [-0.05, 0) is 92.5 Å². The highest BCUT2D eigenvalue weighted by atomic mass is 35.5. The SMILES string of the molecule is CNC(=O)[C@H](CCCc1ccccc1)NC(=O)C1CN(C(=O)Cc2c[nH]c3cc(Cl)ccc23)CC2CN(C(=O)c3ccc(OC(C)C)cc3)CC21. The molecule has 3 unspecified atom stereocenters. The predicted molar refractivity (Wildman–Crippen MR) is 198 cm³/mol. The molecule has 6 rings (SSSR count). The molecule has 10 nitrogen and oxygen atoms in total. The first-order valence-electron chi connectivity index (χ1n) is 17.7. The lowest BCUT2D eigenvalue weighted by molar-refractivity contribution is -0.140. The van der Waals surface area contributed by atoms with E-state index in [2.05, 4.69) is 15.6 Å². The molecular formula is C40H46ClN5O5. The van der Waals surface area contributed by atoms with Crippen molar-refractivity contribution in [3.05, 3.63) is 101 Å². The molecule has 2 aliphatic rings. The maximum atomic E-state index is 14.2. The lowest BCUT2D eigenvalue weighted by Crippen LogP contribution is -2.56. The van der Waals surface area contributed by atoms with Gasteiger partial charge in [0.05, 0.1) is 18.4 Å². The van der Waals surface area contributed by atoms with Crippen molar-refractivity contribution < 1.29 is 23.9 Å². The molecule has 2 aliphatic heterocycles. The average molecular weight is 712 g/mol. The maximum Gasteiger partial charge on any atom is 0.253 e. The first kappa shape index (κ1) is 36.0. The minimum atomic E-state index is -0.723. The van der Waals surface area contributed by atoms with Crippen LogP contribution in [0.4, 0.5) is 0 Å². The quantitative estimate of drug-likeness (QED) is 0.185. The highest BCUT2D eigenvalue weighted by Crippen LogP contribution is 2.37. The van der Waals surface area contributed by atoms with Crippen molar-refractivity contribution in [1.82, 2.24) is 25.4 Å². The molecule has 0 saturated carbocycles. The normalized spacial score (nSPS) is 19.1. The summed E-state index contributed by atoms with van der Waals surface area (Å²) < 4.78 is 5.75. The number of piperidine rings is 1. The molecule has 11 heteroatoms. The molecule has 3 aromatic carbocycles. The number of aromatic nitrogens is 1. The minimum Gasteiger partial charge on any atom is -0.491 e. The summed E-state index contributed by atoms with van der Waals surface area (Å²) in [7, 11) is 1.57. The van der Waals surface area contributed by atoms with Crippen LogP contribution in [0, 0.1) is 17.8 Å². The molecule has 51 heavy (non-hydrogen) atoms. The zero-order valence-electron chi connectivity index (χ0n) is 29.4. The maximum absolute atomic E-state index is 14.2. The molecule has 4 atom stereocenters. The summed E-state index contributed by atoms with van der Waals surface area (Å²) in [4.78, 5) is 61.6. The number of amides is 4. The van der Waals surface area contributed by atoms with E-state index in [1.165, 1.54) is 5.56 Å². The minimum absolute atomic E-state index is 0.0170. The fourth-order valence-electron chi connectivity index (χ4n) is 7.51. The van der Waals surface area contributed by atoms with Crippen molar-refractivity contribution >= 4 is 46.1 Å². The Morgan fingerprint density at radius 1 is 0.941 bits per heavy atom. The number of aryl methyl sites for hydroxylation is 1. The van der Waals surface area contributed by atoms with Crippen molar-refractivity contribution in [1.29, 1.82) is 0 Å². The van der Waals surface area contributed by atoms with E-state index in [1.807, 2.05) is 62.5 Å². The molecule has 268 valence electrons. The molecule has 1 aromatic heterocycles. The molecule has 0 aliphatic carbocycles. The monoisotopic (exact) mass is 711 g/mol. The zero-order chi connectivity index (χ0) is 36.1. The number of nitrogens with zero attached hydrogens (tertiary/aromatic N) is 2. The van der Waals surface area contributed by atoms with E-state index in [-0.39, 0.29) is 54.5 Å². The Morgan fingerprint density at radius 3 is 2.41 bits per heavy atom. The van der Waals surface area contributed by atoms with Crippen LogP contribution >= 0.6 is 11.6 Å². The first-order chi connectivity index (χ1) is 24.6. The van der Waals surface area contributed by atoms with E-state index < -0.39 is 12.0 Å². The number of fused-ring (bicyclic) bond motifs is 2. The van der Waals surface area contributed by atoms with Gasteiger partial charge in [0.1, 0.15) is 11.8 Å². The van der Waals surface area contributed by atoms with Crippen LogP contribution in [0.25, 0.3) is 10.9 Å². The van der Waals surface area contributed by atoms with Crippen LogP contribution in [0.5, 0.6) is 5.75 Å². The number of hydrogen-bond donors (Lipinski definition) is 3. The second-order valence-corrected chi connectivity index (χ2v) is 14.4. The lowest BCUT2D eigenvalue weighted by atomic mass is 9.79. The van der Waals surface area contributed by atoms with Gasteiger partial charge in [-0.1, -0.05) is 48.0 Å². The number of likely N-dealkylation sites (N-methyl/N-ethyl adjacent to an activating group) is 1. The van der Waals surface area contributed by atoms with Gasteiger partial charge in [0.15, 0.2) is 0 Å². The largest absolute Gasteiger partial charge is 0.491 e. The zero-order valence-corrected chi connectivity index (χ0v) is 30.1. The molecule has 2 saturated heterocycles. The van der Waals surface area contributed by atoms with Gasteiger partial charge in [-0.2, -0.15) is 0 Å². The van der Waals surface area contributed by atoms with Gasteiger partial charge in [0.2, 0.25) is 17.7 Å². The van der Waals surface area contributed by atoms with Crippen LogP contribution in [0.1, 0.15) is 48.2 Å². The van der Waals surface area contributed by atoms with E-state index in [1.54, 1.807) is 47.2 Å². The molecule has 0 bridgehead atoms. The Bertz CT molecular complexity index is 1860. The van der Waals surface area contributed by atoms with Crippen LogP contribution in [0.2, 0.25) is 5.02 Å². The third-order valence-electron chi connectivity index (χ3n) is 10.1. The number of nitrogens with one attached hydrogen (secondary N) is 3. The lowest BCUT2D eigenvalue weighted by Gasteiger charge is -2.40. The topological polar surface area (TPSA) is 124 Å². The number of likely N-dealkylation sites (tertiary alicyclic amines) is 2. The van der Waals surface area contributed by atoms with E-state index in [0.29, 0.717) is 48.8 Å². The van der Waals surface area contributed by atoms with Crippen molar-refractivity contribution in [3.8, 4) is 5.75 Å². The van der Waals surface area contributed by atoms with Crippen LogP contribution in [-0.2, 0) is 27.2 Å². The highest BCUT2D eigenvalue weighted by Gasteiger charge is 2.48. The molecule has 0 spiro atoms. The van der Waals surface area contributed by atoms with Crippen molar-refractivity contribution in [3.63, 3.8) is 0 Å². The van der Waals surface area contributed by atoms with Crippen molar-refractivity contribution in [2.45, 2.75) is 51.7 Å². The molecule has 4 amide bonds. The predicted octanol–water partition coefficient (Wildman–Crippen LogP) is 5.25. The Labute approximate surface area is 303 Å². The molecule has 3 heterocycles. The van der Waals surface area contributed by atoms with Crippen LogP contribution in [0.3, 0.4) is 0 Å². The summed E-state index contributed by atoms with van der Waals surface area (Å²) in [5.74, 6) is -0.954. The number of benzene rings is 3. The summed E-state index contributed by atoms with van der Waals surface area (Å²) in [6.45, 7) is 5.34. The Hall–Kier alpha value is -4.83. The summed E-state index contributed by atoms with van der Waals surface area (Å²) >= 11 is 6.18. The number of ether oxygens (including phenoxy) is 1. The highest BCUT2D eigenvalue weighted by molar-refractivity contribution is 6.31. The molecule has 2 fully saturated rings. The number of carbonyl (C=O) groups is 4. The standard InChI is InChI=1S/C40H46ClN5O5/c1-25(2)51-31-15-12-27(13-16-31)40(50)46-22-29-21-45(37(47)18-28-20-43-36-19-30(41)14-17-32(28)36)24-34(33(29)23-46)38(48)44-35(39(49)42-3)11-7-10-26-8-5-4-6-9-26/h4-6,8-9,12-17,19-20,25,29,33-35,43H,7,10-11,18,21-24H2,1-3H3,(H,42,49)(H,44,48)/t29?,33?,34?,35-/m0/s1. The third kappa shape index (κ3) is 8.56. The number of hydrogen-bond acceptors (Lipinski definition) is 5. The van der Waals surface area contributed by atoms with Crippen LogP contribution in [0.15, 0.2) is 79.0 Å². The van der Waals surface area contributed by atoms with E-state index in [4.69, 9.17) is 16.3 Å². The smallest absolute Gasteiger partial charge is 0.253 e. The number of H-pyrrole nitrogens is 1. The third-order valence-corrected chi connectivity index (χ3v) is 10.3. The van der Waals surface area contributed by atoms with Gasteiger partial charge >= 0.3 is 0 Å². The second-order valence-electron chi connectivity index (χ2n) is 14.0. The first-order valence-corrected chi connectivity index (χ1v) is 18.1. The number of carbonyl (C=O) groups excluding carboxylic acids is 4. The Balaban J connectivity index is 1.20. The van der Waals surface area contributed by atoms with Gasteiger partial charge in [-0.3, -0.25) is 19.2 Å². The van der Waals surface area contributed by atoms with Crippen molar-refractivity contribution in [2.75, 3.05) is 33.2 Å². The van der Waals surface area contributed by atoms with Crippen LogP contribution in [-0.4, -0.2) is 83.8 Å². The van der Waals surface area contributed by atoms with Crippen molar-refractivity contribution in [2.24, 2.45) is 17.8 Å². The summed E-state index contributed by atoms with van der Waals surface area (Å²) in [6, 6.07) is 22.0. The number of halogens is 1. The Morgan fingerprint density at radius 2 is 1.69 bits per heavy atom. The van der Waals surface area contributed by atoms with Gasteiger partial charge in [0.25, 0.3) is 5.91 Å². The number of rotatable bonds is 12. The molecule has 4 aromatic rings. The fraction of sp³-hybridized carbons (Fsp3) is 0.400. The van der Waals surface area contributed by atoms with Gasteiger partial charge in [-0.25, -0.2) is 0 Å². The fourth-order valence-corrected chi connectivity index (χ4v) is 7.68. The van der Waals surface area contributed by atoms with E-state index >= 15 is 0 Å². The molecule has 0 radical (unpaired) electrons.